The molecule has 0 unspecified atom stereocenters. The maximum atomic E-state index is 3.33. The molecular weight excluding hydrogens is 406 g/mol. The van der Waals surface area contributed by atoms with Crippen molar-refractivity contribution in [2.24, 2.45) is 0 Å². The van der Waals surface area contributed by atoms with Crippen molar-refractivity contribution in [3.8, 4) is 0 Å². The van der Waals surface area contributed by atoms with Crippen molar-refractivity contribution >= 4 is 5.57 Å². The van der Waals surface area contributed by atoms with Gasteiger partial charge in [0.15, 0.2) is 0 Å². The molecule has 0 fully saturated rings. The fourth-order valence-corrected chi connectivity index (χ4v) is 1.56. The van der Waals surface area contributed by atoms with Gasteiger partial charge in [0.05, 0.1) is 0 Å². The summed E-state index contributed by atoms with van der Waals surface area (Å²) in [5, 5.41) is 0. The van der Waals surface area contributed by atoms with Crippen molar-refractivity contribution in [1.29, 1.82) is 0 Å². The average molecular weight is 419 g/mol. The summed E-state index contributed by atoms with van der Waals surface area (Å²) >= 11 is 0. The number of hydrogen-bond acceptors (Lipinski definition) is 0. The summed E-state index contributed by atoms with van der Waals surface area (Å²) < 4.78 is 0. The smallest absolute Gasteiger partial charge is 0 e. The Hall–Kier alpha value is 0.150. The maximum absolute atomic E-state index is 3.33. The second-order valence-electron chi connectivity index (χ2n) is 3.25. The van der Waals surface area contributed by atoms with E-state index in [0.717, 1.165) is 12.8 Å². The second-order valence-corrected chi connectivity index (χ2v) is 3.25. The summed E-state index contributed by atoms with van der Waals surface area (Å²) in [6, 6.07) is 8.69. The maximum Gasteiger partial charge on any atom is 0 e. The van der Waals surface area contributed by atoms with Crippen LogP contribution in [0.2, 0.25) is 0 Å². The van der Waals surface area contributed by atoms with E-state index in [1.54, 1.807) is 0 Å². The van der Waals surface area contributed by atoms with Crippen molar-refractivity contribution in [3.63, 3.8) is 0 Å². The van der Waals surface area contributed by atoms with Gasteiger partial charge in [-0.15, -0.1) is 23.8 Å². The molecule has 0 nitrogen and oxygen atoms in total. The molecule has 0 saturated carbocycles. The molecule has 1 aliphatic carbocycles. The van der Waals surface area contributed by atoms with Gasteiger partial charge in [-0.25, -0.2) is 0 Å². The third-order valence-corrected chi connectivity index (χ3v) is 2.34. The molecule has 1 aromatic rings. The predicted molar refractivity (Wildman–Crippen MR) is 56.2 cm³/mol. The van der Waals surface area contributed by atoms with Gasteiger partial charge in [-0.1, -0.05) is 31.0 Å². The molecule has 0 radical (unpaired) electrons. The van der Waals surface area contributed by atoms with Crippen LogP contribution in [-0.2, 0) is 32.3 Å². The summed E-state index contributed by atoms with van der Waals surface area (Å²) in [4.78, 5) is 0. The third-order valence-electron chi connectivity index (χ3n) is 2.34. The summed E-state index contributed by atoms with van der Waals surface area (Å²) in [7, 11) is 0. The molecule has 0 amide bonds. The number of allylic oxidation sites excluding steroid dienone is 4. The Morgan fingerprint density at radius 2 is 2.00 bits per heavy atom. The first-order valence-electron chi connectivity index (χ1n) is 4.77. The molecule has 86 valence electrons. The molecule has 0 bridgehead atoms. The number of aryl methyl sites for hydroxylation is 1. The zero-order valence-corrected chi connectivity index (χ0v) is 14.2. The van der Waals surface area contributed by atoms with E-state index in [0.29, 0.717) is 0 Å². The standard InChI is InChI=1S/C13H13.2ClH.Hf/c1-2-11-6-5-9-13(10-11)12-7-3-4-8-12;;;/h3,5-7,9-10H,2,4H2,1H3;2*1H;/q-1;;;/p-2. The summed E-state index contributed by atoms with van der Waals surface area (Å²) in [6.07, 6.45) is 9.69. The van der Waals surface area contributed by atoms with Gasteiger partial charge in [-0.2, -0.15) is 17.7 Å². The van der Waals surface area contributed by atoms with E-state index in [2.05, 4.69) is 49.4 Å². The SMILES string of the molecule is CCc1cccc(C2=[C-]CC=C2)c1.[Cl-].[Cl-].[Hf]. The van der Waals surface area contributed by atoms with E-state index in [1.165, 1.54) is 16.7 Å². The van der Waals surface area contributed by atoms with Crippen LogP contribution in [0.5, 0.6) is 0 Å². The van der Waals surface area contributed by atoms with Crippen LogP contribution < -0.4 is 24.8 Å². The largest absolute Gasteiger partial charge is 1.00 e. The Balaban J connectivity index is 0. The molecule has 0 atom stereocenters. The van der Waals surface area contributed by atoms with Gasteiger partial charge >= 0.3 is 0 Å². The van der Waals surface area contributed by atoms with Gasteiger partial charge in [-0.05, 0) is 6.42 Å². The quantitative estimate of drug-likeness (QED) is 0.365. The molecule has 0 saturated heterocycles. The van der Waals surface area contributed by atoms with Crippen LogP contribution in [0.25, 0.3) is 5.57 Å². The Kier molecular flexibility index (Phi) is 10.7. The first-order chi connectivity index (χ1) is 6.40. The summed E-state index contributed by atoms with van der Waals surface area (Å²) in [5.74, 6) is 0. The number of benzene rings is 1. The Morgan fingerprint density at radius 1 is 1.25 bits per heavy atom. The molecular formula is C13H13Cl2Hf-3. The van der Waals surface area contributed by atoms with Gasteiger partial charge in [0.25, 0.3) is 0 Å². The zero-order chi connectivity index (χ0) is 9.10. The van der Waals surface area contributed by atoms with Crippen LogP contribution in [0.3, 0.4) is 0 Å². The summed E-state index contributed by atoms with van der Waals surface area (Å²) in [5.41, 5.74) is 3.94. The molecule has 0 N–H and O–H groups in total. The van der Waals surface area contributed by atoms with Crippen molar-refractivity contribution < 1.29 is 50.7 Å². The van der Waals surface area contributed by atoms with Crippen molar-refractivity contribution in [2.75, 3.05) is 0 Å². The van der Waals surface area contributed by atoms with Gasteiger partial charge in [-0.3, -0.25) is 0 Å². The number of halogens is 2. The van der Waals surface area contributed by atoms with Crippen LogP contribution >= 0.6 is 0 Å². The van der Waals surface area contributed by atoms with Gasteiger partial charge < -0.3 is 24.8 Å². The van der Waals surface area contributed by atoms with Crippen LogP contribution in [0.1, 0.15) is 24.5 Å². The number of hydrogen-bond donors (Lipinski definition) is 0. The first-order valence-corrected chi connectivity index (χ1v) is 4.77. The van der Waals surface area contributed by atoms with Crippen molar-refractivity contribution in [3.05, 3.63) is 53.6 Å². The average Bonchev–Trinajstić information content (AvgIpc) is 2.71. The molecule has 3 heteroatoms. The second kappa shape index (κ2) is 9.21. The molecule has 1 aromatic carbocycles. The molecule has 2 rings (SSSR count). The van der Waals surface area contributed by atoms with Gasteiger partial charge in [0.2, 0.25) is 0 Å². The number of rotatable bonds is 2. The fourth-order valence-electron chi connectivity index (χ4n) is 1.56. The first kappa shape index (κ1) is 18.5. The normalized spacial score (nSPS) is 11.9. The van der Waals surface area contributed by atoms with E-state index in [-0.39, 0.29) is 50.7 Å². The Morgan fingerprint density at radius 3 is 2.56 bits per heavy atom. The fraction of sp³-hybridized carbons (Fsp3) is 0.231. The Bertz CT molecular complexity index is 370. The zero-order valence-electron chi connectivity index (χ0n) is 9.13. The van der Waals surface area contributed by atoms with E-state index in [9.17, 15) is 0 Å². The molecule has 0 aliphatic heterocycles. The van der Waals surface area contributed by atoms with E-state index in [4.69, 9.17) is 0 Å². The molecule has 0 aromatic heterocycles. The van der Waals surface area contributed by atoms with E-state index < -0.39 is 0 Å². The van der Waals surface area contributed by atoms with Crippen molar-refractivity contribution in [1.82, 2.24) is 0 Å². The minimum atomic E-state index is 0. The minimum Gasteiger partial charge on any atom is -1.00 e. The van der Waals surface area contributed by atoms with Crippen LogP contribution in [0, 0.1) is 6.08 Å². The predicted octanol–water partition coefficient (Wildman–Crippen LogP) is -2.60. The molecule has 0 spiro atoms. The third kappa shape index (κ3) is 4.57. The molecule has 16 heavy (non-hydrogen) atoms. The van der Waals surface area contributed by atoms with E-state index >= 15 is 0 Å². The molecule has 1 aliphatic rings. The Labute approximate surface area is 129 Å². The topological polar surface area (TPSA) is 0 Å². The van der Waals surface area contributed by atoms with Crippen LogP contribution in [0.4, 0.5) is 0 Å². The van der Waals surface area contributed by atoms with Crippen LogP contribution in [-0.4, -0.2) is 0 Å². The monoisotopic (exact) mass is 419 g/mol. The van der Waals surface area contributed by atoms with Crippen LogP contribution in [0.15, 0.2) is 36.4 Å². The molecule has 0 heterocycles. The van der Waals surface area contributed by atoms with Gasteiger partial charge in [0, 0.05) is 25.8 Å². The van der Waals surface area contributed by atoms with E-state index in [1.807, 2.05) is 0 Å². The van der Waals surface area contributed by atoms with Crippen molar-refractivity contribution in [2.45, 2.75) is 19.8 Å². The minimum absolute atomic E-state index is 0. The summed E-state index contributed by atoms with van der Waals surface area (Å²) in [6.45, 7) is 2.18. The van der Waals surface area contributed by atoms with Gasteiger partial charge in [0.1, 0.15) is 0 Å².